The number of benzene rings is 2. The first-order chi connectivity index (χ1) is 13.7. The topological polar surface area (TPSA) is 66.5 Å². The molecule has 9 heteroatoms. The molecule has 1 amide bonds. The second kappa shape index (κ2) is 9.23. The Morgan fingerprint density at radius 2 is 1.76 bits per heavy atom. The van der Waals surface area contributed by atoms with Crippen LogP contribution in [0, 0.1) is 5.92 Å². The van der Waals surface area contributed by atoms with E-state index >= 15 is 0 Å². The van der Waals surface area contributed by atoms with Crippen molar-refractivity contribution in [1.29, 1.82) is 0 Å². The highest BCUT2D eigenvalue weighted by molar-refractivity contribution is 7.89. The molecule has 1 fully saturated rings. The van der Waals surface area contributed by atoms with E-state index in [4.69, 9.17) is 34.8 Å². The third kappa shape index (κ3) is 5.25. The van der Waals surface area contributed by atoms with Crippen molar-refractivity contribution in [2.75, 3.05) is 13.1 Å². The molecule has 1 aliphatic heterocycles. The number of halogens is 3. The molecule has 2 atom stereocenters. The van der Waals surface area contributed by atoms with Gasteiger partial charge in [-0.3, -0.25) is 4.79 Å². The number of nitrogens with zero attached hydrogens (tertiary/aromatic N) is 1. The third-order valence-corrected chi connectivity index (χ3v) is 7.83. The number of carbonyl (C=O) groups excluding carboxylic acids is 1. The summed E-state index contributed by atoms with van der Waals surface area (Å²) >= 11 is 18.0. The molecule has 3 rings (SSSR count). The van der Waals surface area contributed by atoms with Gasteiger partial charge in [0.15, 0.2) is 0 Å². The predicted molar refractivity (Wildman–Crippen MR) is 116 cm³/mol. The lowest BCUT2D eigenvalue weighted by Crippen LogP contribution is -2.45. The Hall–Kier alpha value is -1.31. The van der Waals surface area contributed by atoms with Crippen molar-refractivity contribution < 1.29 is 13.2 Å². The van der Waals surface area contributed by atoms with Gasteiger partial charge in [0.25, 0.3) is 0 Å². The van der Waals surface area contributed by atoms with Crippen LogP contribution in [0.4, 0.5) is 0 Å². The summed E-state index contributed by atoms with van der Waals surface area (Å²) in [6.45, 7) is 2.32. The standard InChI is InChI=1S/C20H21Cl3N2O3S/c1-13(14-4-6-16(21)7-5-14)24-20(26)15-3-2-10-25(12-15)29(27,28)19-11-17(22)8-9-18(19)23/h4-9,11,13,15H,2-3,10,12H2,1H3,(H,24,26)/t13-,15-/m1/s1. The molecule has 1 aliphatic rings. The molecule has 2 aromatic rings. The minimum atomic E-state index is -3.84. The lowest BCUT2D eigenvalue weighted by Gasteiger charge is -2.32. The number of amides is 1. The monoisotopic (exact) mass is 474 g/mol. The van der Waals surface area contributed by atoms with Gasteiger partial charge in [-0.2, -0.15) is 4.31 Å². The molecule has 0 spiro atoms. The van der Waals surface area contributed by atoms with E-state index in [1.54, 1.807) is 12.1 Å². The number of nitrogens with one attached hydrogen (secondary N) is 1. The quantitative estimate of drug-likeness (QED) is 0.667. The molecule has 156 valence electrons. The zero-order valence-corrected chi connectivity index (χ0v) is 18.8. The van der Waals surface area contributed by atoms with Gasteiger partial charge in [-0.1, -0.05) is 46.9 Å². The number of hydrogen-bond donors (Lipinski definition) is 1. The summed E-state index contributed by atoms with van der Waals surface area (Å²) in [5.41, 5.74) is 0.925. The largest absolute Gasteiger partial charge is 0.349 e. The number of rotatable bonds is 5. The minimum Gasteiger partial charge on any atom is -0.349 e. The highest BCUT2D eigenvalue weighted by Crippen LogP contribution is 2.30. The van der Waals surface area contributed by atoms with E-state index in [0.29, 0.717) is 24.4 Å². The Balaban J connectivity index is 1.72. The summed E-state index contributed by atoms with van der Waals surface area (Å²) in [6.07, 6.45) is 1.21. The van der Waals surface area contributed by atoms with E-state index in [9.17, 15) is 13.2 Å². The highest BCUT2D eigenvalue weighted by Gasteiger charge is 2.34. The van der Waals surface area contributed by atoms with Gasteiger partial charge in [0.05, 0.1) is 17.0 Å². The van der Waals surface area contributed by atoms with Gasteiger partial charge >= 0.3 is 0 Å². The second-order valence-corrected chi connectivity index (χ2v) is 10.2. The lowest BCUT2D eigenvalue weighted by atomic mass is 9.98. The number of carbonyl (C=O) groups is 1. The fraction of sp³-hybridized carbons (Fsp3) is 0.350. The van der Waals surface area contributed by atoms with Crippen LogP contribution in [0.5, 0.6) is 0 Å². The molecule has 29 heavy (non-hydrogen) atoms. The van der Waals surface area contributed by atoms with E-state index in [2.05, 4.69) is 5.32 Å². The van der Waals surface area contributed by atoms with Crippen LogP contribution in [0.3, 0.4) is 0 Å². The van der Waals surface area contributed by atoms with Crippen molar-refractivity contribution in [2.45, 2.75) is 30.7 Å². The van der Waals surface area contributed by atoms with Crippen LogP contribution in [-0.4, -0.2) is 31.7 Å². The Kier molecular flexibility index (Phi) is 7.12. The molecule has 1 N–H and O–H groups in total. The van der Waals surface area contributed by atoms with Crippen LogP contribution in [-0.2, 0) is 14.8 Å². The van der Waals surface area contributed by atoms with Crippen LogP contribution in [0.25, 0.3) is 0 Å². The molecular weight excluding hydrogens is 455 g/mol. The normalized spacial score (nSPS) is 19.0. The number of hydrogen-bond acceptors (Lipinski definition) is 3. The molecule has 2 aromatic carbocycles. The van der Waals surface area contributed by atoms with Crippen molar-refractivity contribution in [1.82, 2.24) is 9.62 Å². The Morgan fingerprint density at radius 1 is 1.10 bits per heavy atom. The summed E-state index contributed by atoms with van der Waals surface area (Å²) < 4.78 is 27.4. The van der Waals surface area contributed by atoms with Crippen LogP contribution < -0.4 is 5.32 Å². The van der Waals surface area contributed by atoms with Crippen LogP contribution >= 0.6 is 34.8 Å². The first kappa shape index (κ1) is 22.4. The fourth-order valence-electron chi connectivity index (χ4n) is 3.35. The first-order valence-electron chi connectivity index (χ1n) is 9.19. The van der Waals surface area contributed by atoms with E-state index in [1.807, 2.05) is 19.1 Å². The average Bonchev–Trinajstić information content (AvgIpc) is 2.70. The Labute approximate surface area is 186 Å². The summed E-state index contributed by atoms with van der Waals surface area (Å²) in [5, 5.41) is 3.99. The van der Waals surface area contributed by atoms with E-state index in [-0.39, 0.29) is 33.4 Å². The average molecular weight is 476 g/mol. The van der Waals surface area contributed by atoms with Crippen molar-refractivity contribution in [3.05, 3.63) is 63.1 Å². The maximum Gasteiger partial charge on any atom is 0.244 e. The van der Waals surface area contributed by atoms with E-state index in [0.717, 1.165) is 5.56 Å². The third-order valence-electron chi connectivity index (χ3n) is 4.99. The van der Waals surface area contributed by atoms with Crippen molar-refractivity contribution in [3.8, 4) is 0 Å². The maximum absolute atomic E-state index is 13.0. The van der Waals surface area contributed by atoms with Crippen LogP contribution in [0.15, 0.2) is 47.4 Å². The van der Waals surface area contributed by atoms with Crippen molar-refractivity contribution in [3.63, 3.8) is 0 Å². The minimum absolute atomic E-state index is 0.0396. The molecule has 0 radical (unpaired) electrons. The molecule has 1 saturated heterocycles. The summed E-state index contributed by atoms with van der Waals surface area (Å²) in [4.78, 5) is 12.7. The Morgan fingerprint density at radius 3 is 2.45 bits per heavy atom. The Bertz CT molecular complexity index is 997. The summed E-state index contributed by atoms with van der Waals surface area (Å²) in [7, 11) is -3.84. The van der Waals surface area contributed by atoms with Gasteiger partial charge in [-0.15, -0.1) is 0 Å². The smallest absolute Gasteiger partial charge is 0.244 e. The molecule has 1 heterocycles. The van der Waals surface area contributed by atoms with Crippen molar-refractivity contribution >= 4 is 50.7 Å². The number of piperidine rings is 1. The molecule has 5 nitrogen and oxygen atoms in total. The van der Waals surface area contributed by atoms with Crippen molar-refractivity contribution in [2.24, 2.45) is 5.92 Å². The van der Waals surface area contributed by atoms with Gasteiger partial charge in [0.2, 0.25) is 15.9 Å². The predicted octanol–water partition coefficient (Wildman–Crippen LogP) is 4.92. The summed E-state index contributed by atoms with van der Waals surface area (Å²) in [6, 6.07) is 11.4. The fourth-order valence-corrected chi connectivity index (χ4v) is 5.74. The van der Waals surface area contributed by atoms with Gasteiger partial charge in [-0.05, 0) is 55.7 Å². The lowest BCUT2D eigenvalue weighted by molar-refractivity contribution is -0.126. The van der Waals surface area contributed by atoms with Crippen LogP contribution in [0.2, 0.25) is 15.1 Å². The molecule has 0 aromatic heterocycles. The zero-order chi connectivity index (χ0) is 21.2. The van der Waals surface area contributed by atoms with Gasteiger partial charge in [0.1, 0.15) is 4.90 Å². The van der Waals surface area contributed by atoms with E-state index in [1.165, 1.54) is 22.5 Å². The van der Waals surface area contributed by atoms with Gasteiger partial charge in [0, 0.05) is 23.1 Å². The first-order valence-corrected chi connectivity index (χ1v) is 11.8. The summed E-state index contributed by atoms with van der Waals surface area (Å²) in [5.74, 6) is -0.615. The SMILES string of the molecule is C[C@@H](NC(=O)[C@@H]1CCCN(S(=O)(=O)c2cc(Cl)ccc2Cl)C1)c1ccc(Cl)cc1. The highest BCUT2D eigenvalue weighted by atomic mass is 35.5. The molecular formula is C20H21Cl3N2O3S. The van der Waals surface area contributed by atoms with Crippen LogP contribution in [0.1, 0.15) is 31.4 Å². The number of sulfonamides is 1. The molecule has 0 unspecified atom stereocenters. The van der Waals surface area contributed by atoms with Gasteiger partial charge < -0.3 is 5.32 Å². The molecule has 0 bridgehead atoms. The van der Waals surface area contributed by atoms with Gasteiger partial charge in [-0.25, -0.2) is 8.42 Å². The molecule has 0 saturated carbocycles. The molecule has 0 aliphatic carbocycles. The van der Waals surface area contributed by atoms with E-state index < -0.39 is 15.9 Å². The zero-order valence-electron chi connectivity index (χ0n) is 15.7. The second-order valence-electron chi connectivity index (χ2n) is 7.06. The maximum atomic E-state index is 13.0.